The van der Waals surface area contributed by atoms with Crippen molar-refractivity contribution in [2.24, 2.45) is 7.05 Å². The van der Waals surface area contributed by atoms with Gasteiger partial charge in [0.1, 0.15) is 0 Å². The van der Waals surface area contributed by atoms with E-state index in [0.29, 0.717) is 0 Å². The standard InChI is InChI=1S/C21H20N2PSe/c1-17-21(23-16-10-9-15-20(23)22(17)2)24(25,18-11-5-3-6-12-18)19-13-7-4-8-14-19/h3-16H,1-2H3/q+1. The molecule has 2 aromatic heterocycles. The van der Waals surface area contributed by atoms with Crippen LogP contribution in [0.1, 0.15) is 5.69 Å². The molecule has 0 spiro atoms. The quantitative estimate of drug-likeness (QED) is 0.279. The van der Waals surface area contributed by atoms with Crippen molar-refractivity contribution >= 4 is 42.3 Å². The van der Waals surface area contributed by atoms with Crippen LogP contribution in [-0.4, -0.2) is 19.7 Å². The number of aryl methyl sites for hydroxylation is 1. The number of hydrogen-bond acceptors (Lipinski definition) is 0. The first kappa shape index (κ1) is 16.5. The first-order valence-corrected chi connectivity index (χ1v) is 12.3. The summed E-state index contributed by atoms with van der Waals surface area (Å²) in [7, 11) is 2.15. The monoisotopic (exact) mass is 411 g/mol. The van der Waals surface area contributed by atoms with Crippen molar-refractivity contribution in [2.45, 2.75) is 6.92 Å². The van der Waals surface area contributed by atoms with Gasteiger partial charge in [-0.25, -0.2) is 0 Å². The molecule has 2 heterocycles. The molecule has 0 fully saturated rings. The van der Waals surface area contributed by atoms with E-state index in [-0.39, 0.29) is 0 Å². The molecule has 4 aromatic rings. The molecule has 0 unspecified atom stereocenters. The summed E-state index contributed by atoms with van der Waals surface area (Å²) in [4.78, 5) is 0. The van der Waals surface area contributed by atoms with Crippen LogP contribution in [0.25, 0.3) is 5.65 Å². The zero-order valence-electron chi connectivity index (χ0n) is 14.3. The van der Waals surface area contributed by atoms with Gasteiger partial charge in [0.15, 0.2) is 0 Å². The number of fused-ring (bicyclic) bond motifs is 1. The Bertz CT molecular complexity index is 1040. The molecule has 2 aromatic carbocycles. The number of nitrogens with zero attached hydrogens (tertiary/aromatic N) is 2. The molecular weight excluding hydrogens is 390 g/mol. The topological polar surface area (TPSA) is 9.03 Å². The number of hydrogen-bond donors (Lipinski definition) is 0. The van der Waals surface area contributed by atoms with E-state index in [9.17, 15) is 0 Å². The Morgan fingerprint density at radius 2 is 1.32 bits per heavy atom. The number of benzene rings is 2. The molecule has 4 heteroatoms. The van der Waals surface area contributed by atoms with Gasteiger partial charge in [-0.05, 0) is 0 Å². The van der Waals surface area contributed by atoms with Crippen LogP contribution in [0.3, 0.4) is 0 Å². The first-order chi connectivity index (χ1) is 12.1. The van der Waals surface area contributed by atoms with E-state index < -0.39 is 5.51 Å². The maximum absolute atomic E-state index is 3.66. The molecule has 4 rings (SSSR count). The molecule has 0 saturated heterocycles. The molecule has 0 atom stereocenters. The van der Waals surface area contributed by atoms with Crippen molar-refractivity contribution in [2.75, 3.05) is 0 Å². The van der Waals surface area contributed by atoms with Gasteiger partial charge in [-0.2, -0.15) is 0 Å². The average molecular weight is 410 g/mol. The van der Waals surface area contributed by atoms with Gasteiger partial charge in [0, 0.05) is 0 Å². The van der Waals surface area contributed by atoms with Crippen LogP contribution >= 0.6 is 5.51 Å². The van der Waals surface area contributed by atoms with Crippen LogP contribution < -0.4 is 20.4 Å². The Balaban J connectivity index is 2.15. The van der Waals surface area contributed by atoms with E-state index in [1.54, 1.807) is 0 Å². The molecule has 0 aliphatic heterocycles. The van der Waals surface area contributed by atoms with Gasteiger partial charge < -0.3 is 0 Å². The van der Waals surface area contributed by atoms with E-state index in [1.165, 1.54) is 27.4 Å². The molecule has 2 nitrogen and oxygen atoms in total. The summed E-state index contributed by atoms with van der Waals surface area (Å²) >= 11 is 3.66. The molecule has 0 N–H and O–H groups in total. The summed E-state index contributed by atoms with van der Waals surface area (Å²) in [6.07, 6.45) is 2.18. The second-order valence-corrected chi connectivity index (χ2v) is 12.3. The zero-order valence-corrected chi connectivity index (χ0v) is 16.9. The average Bonchev–Trinajstić information content (AvgIpc) is 2.94. The molecule has 0 radical (unpaired) electrons. The van der Waals surface area contributed by atoms with Gasteiger partial charge in [-0.15, -0.1) is 0 Å². The third-order valence-corrected chi connectivity index (χ3v) is 11.7. The Morgan fingerprint density at radius 3 is 1.88 bits per heavy atom. The molecular formula is C21H20N2PSe+. The van der Waals surface area contributed by atoms with E-state index in [2.05, 4.69) is 123 Å². The van der Waals surface area contributed by atoms with Crippen molar-refractivity contribution in [3.05, 3.63) is 90.8 Å². The predicted octanol–water partition coefficient (Wildman–Crippen LogP) is 2.45. The number of pyridine rings is 1. The van der Waals surface area contributed by atoms with Crippen LogP contribution in [0.5, 0.6) is 0 Å². The molecule has 0 aliphatic rings. The van der Waals surface area contributed by atoms with Crippen LogP contribution in [0.2, 0.25) is 0 Å². The minimum atomic E-state index is -1.87. The number of aromatic nitrogens is 2. The summed E-state index contributed by atoms with van der Waals surface area (Å²) < 4.78 is 4.63. The van der Waals surface area contributed by atoms with Gasteiger partial charge in [0.2, 0.25) is 0 Å². The van der Waals surface area contributed by atoms with Crippen LogP contribution in [0, 0.1) is 6.92 Å². The van der Waals surface area contributed by atoms with E-state index in [1.807, 2.05) is 0 Å². The number of imidazole rings is 1. The van der Waals surface area contributed by atoms with Crippen molar-refractivity contribution < 1.29 is 4.40 Å². The second-order valence-electron chi connectivity index (χ2n) is 6.18. The maximum atomic E-state index is 3.66. The third-order valence-electron chi connectivity index (χ3n) is 4.77. The van der Waals surface area contributed by atoms with Crippen LogP contribution in [0.4, 0.5) is 0 Å². The van der Waals surface area contributed by atoms with Gasteiger partial charge in [0.05, 0.1) is 0 Å². The summed E-state index contributed by atoms with van der Waals surface area (Å²) in [5.41, 5.74) is 2.00. The van der Waals surface area contributed by atoms with Crippen molar-refractivity contribution in [3.63, 3.8) is 0 Å². The first-order valence-electron chi connectivity index (χ1n) is 8.31. The van der Waals surface area contributed by atoms with Gasteiger partial charge in [-0.1, -0.05) is 0 Å². The van der Waals surface area contributed by atoms with E-state index in [4.69, 9.17) is 0 Å². The fraction of sp³-hybridized carbons (Fsp3) is 0.0952. The van der Waals surface area contributed by atoms with Crippen LogP contribution in [-0.2, 0) is 7.05 Å². The summed E-state index contributed by atoms with van der Waals surface area (Å²) in [6, 6.07) is 28.1. The second kappa shape index (κ2) is 6.42. The summed E-state index contributed by atoms with van der Waals surface area (Å²) in [5.74, 6) is 0. The molecule has 0 aliphatic carbocycles. The van der Waals surface area contributed by atoms with E-state index >= 15 is 0 Å². The Morgan fingerprint density at radius 1 is 0.800 bits per heavy atom. The predicted molar refractivity (Wildman–Crippen MR) is 108 cm³/mol. The molecule has 124 valence electrons. The van der Waals surface area contributed by atoms with Gasteiger partial charge >= 0.3 is 156 Å². The Hall–Kier alpha value is -1.92. The normalized spacial score (nSPS) is 11.8. The van der Waals surface area contributed by atoms with Crippen LogP contribution in [0.15, 0.2) is 85.1 Å². The molecule has 25 heavy (non-hydrogen) atoms. The zero-order chi connectivity index (χ0) is 17.4. The van der Waals surface area contributed by atoms with Crippen molar-refractivity contribution in [1.82, 2.24) is 4.57 Å². The van der Waals surface area contributed by atoms with Gasteiger partial charge in [-0.3, -0.25) is 0 Å². The van der Waals surface area contributed by atoms with Crippen molar-refractivity contribution in [1.29, 1.82) is 0 Å². The number of rotatable bonds is 3. The molecule has 0 saturated carbocycles. The third kappa shape index (κ3) is 2.55. The van der Waals surface area contributed by atoms with Crippen molar-refractivity contribution in [3.8, 4) is 0 Å². The van der Waals surface area contributed by atoms with E-state index in [0.717, 1.165) is 0 Å². The summed E-state index contributed by atoms with van der Waals surface area (Å²) in [5, 5.41) is 2.71. The molecule has 0 bridgehead atoms. The van der Waals surface area contributed by atoms with Gasteiger partial charge in [0.25, 0.3) is 0 Å². The molecule has 0 amide bonds. The summed E-state index contributed by atoms with van der Waals surface area (Å²) in [6.45, 7) is 2.22. The Kier molecular flexibility index (Phi) is 4.25. The Labute approximate surface area is 156 Å². The SMILES string of the molecule is Cc1c(P(=[Se])(c2ccccc2)c2ccccc2)[n+]2ccccc2n1C. The minimum absolute atomic E-state index is 1.21. The fourth-order valence-electron chi connectivity index (χ4n) is 3.43. The fourth-order valence-corrected chi connectivity index (χ4v) is 9.40.